The molecule has 1 radical (unpaired) electrons. The van der Waals surface area contributed by atoms with Gasteiger partial charge in [0.2, 0.25) is 0 Å². The van der Waals surface area contributed by atoms with E-state index in [-0.39, 0.29) is 0 Å². The highest BCUT2D eigenvalue weighted by Gasteiger charge is 1.84. The van der Waals surface area contributed by atoms with Crippen LogP contribution in [0, 0.1) is 6.42 Å². The van der Waals surface area contributed by atoms with Gasteiger partial charge in [0.05, 0.1) is 0 Å². The van der Waals surface area contributed by atoms with Gasteiger partial charge >= 0.3 is 0 Å². The topological polar surface area (TPSA) is 0 Å². The van der Waals surface area contributed by atoms with E-state index in [0.717, 1.165) is 12.8 Å². The molecule has 0 rings (SSSR count). The summed E-state index contributed by atoms with van der Waals surface area (Å²) < 4.78 is 0. The van der Waals surface area contributed by atoms with Crippen LogP contribution in [0.2, 0.25) is 0 Å². The van der Waals surface area contributed by atoms with Crippen molar-refractivity contribution in [1.29, 1.82) is 0 Å². The van der Waals surface area contributed by atoms with E-state index in [4.69, 9.17) is 0 Å². The number of unbranched alkanes of at least 4 members (excludes halogenated alkanes) is 6. The van der Waals surface area contributed by atoms with Crippen molar-refractivity contribution in [1.82, 2.24) is 0 Å². The van der Waals surface area contributed by atoms with Crippen molar-refractivity contribution in [3.05, 3.63) is 42.9 Å². The second-order valence-corrected chi connectivity index (χ2v) is 4.03. The van der Waals surface area contributed by atoms with Gasteiger partial charge in [-0.05, 0) is 39.0 Å². The molecule has 0 saturated heterocycles. The van der Waals surface area contributed by atoms with E-state index in [2.05, 4.69) is 43.7 Å². The first-order valence-electron chi connectivity index (χ1n) is 6.66. The van der Waals surface area contributed by atoms with Gasteiger partial charge in [0.1, 0.15) is 0 Å². The molecule has 0 aliphatic rings. The van der Waals surface area contributed by atoms with Crippen molar-refractivity contribution in [2.24, 2.45) is 0 Å². The minimum atomic E-state index is 1.07. The van der Waals surface area contributed by atoms with Crippen LogP contribution in [-0.2, 0) is 0 Å². The molecule has 91 valence electrons. The SMILES string of the molecule is CC=CC=CC[CH]CC=CCCCCCC. The Kier molecular flexibility index (Phi) is 13.5. The van der Waals surface area contributed by atoms with E-state index >= 15 is 0 Å². The largest absolute Gasteiger partial charge is 0.0885 e. The van der Waals surface area contributed by atoms with Crippen molar-refractivity contribution in [2.45, 2.75) is 58.8 Å². The average Bonchev–Trinajstić information content (AvgIpc) is 2.31. The van der Waals surface area contributed by atoms with Crippen LogP contribution < -0.4 is 0 Å². The lowest BCUT2D eigenvalue weighted by atomic mass is 10.1. The lowest BCUT2D eigenvalue weighted by Crippen LogP contribution is -1.74. The Bertz CT molecular complexity index is 196. The van der Waals surface area contributed by atoms with Gasteiger partial charge in [-0.15, -0.1) is 0 Å². The minimum absolute atomic E-state index is 1.07. The van der Waals surface area contributed by atoms with Gasteiger partial charge in [-0.3, -0.25) is 0 Å². The molecule has 0 saturated carbocycles. The monoisotopic (exact) mass is 219 g/mol. The normalized spacial score (nSPS) is 12.4. The summed E-state index contributed by atoms with van der Waals surface area (Å²) in [6.45, 7) is 4.29. The summed E-state index contributed by atoms with van der Waals surface area (Å²) >= 11 is 0. The maximum absolute atomic E-state index is 2.32. The molecule has 0 nitrogen and oxygen atoms in total. The van der Waals surface area contributed by atoms with Gasteiger partial charge in [-0.25, -0.2) is 0 Å². The van der Waals surface area contributed by atoms with E-state index in [1.54, 1.807) is 0 Å². The second-order valence-electron chi connectivity index (χ2n) is 4.03. The molecule has 0 amide bonds. The van der Waals surface area contributed by atoms with Crippen molar-refractivity contribution in [3.63, 3.8) is 0 Å². The van der Waals surface area contributed by atoms with Gasteiger partial charge in [0.25, 0.3) is 0 Å². The van der Waals surface area contributed by atoms with Gasteiger partial charge in [-0.1, -0.05) is 62.6 Å². The molecule has 0 unspecified atom stereocenters. The summed E-state index contributed by atoms with van der Waals surface area (Å²) in [5.74, 6) is 0. The maximum atomic E-state index is 2.32. The first-order valence-corrected chi connectivity index (χ1v) is 6.66. The first-order chi connectivity index (χ1) is 7.91. The molecule has 0 heteroatoms. The predicted molar refractivity (Wildman–Crippen MR) is 75.4 cm³/mol. The third-order valence-corrected chi connectivity index (χ3v) is 2.44. The zero-order valence-corrected chi connectivity index (χ0v) is 11.0. The van der Waals surface area contributed by atoms with Crippen LogP contribution in [0.25, 0.3) is 0 Å². The molecule has 0 heterocycles. The van der Waals surface area contributed by atoms with E-state index in [1.807, 2.05) is 13.0 Å². The molecule has 0 aromatic rings. The molecule has 0 atom stereocenters. The summed E-state index contributed by atoms with van der Waals surface area (Å²) in [6, 6.07) is 0. The fourth-order valence-electron chi connectivity index (χ4n) is 1.46. The Labute approximate surface area is 102 Å². The van der Waals surface area contributed by atoms with Crippen molar-refractivity contribution in [3.8, 4) is 0 Å². The molecule has 0 aliphatic carbocycles. The standard InChI is InChI=1S/C16H27/c1-3-5-7-9-11-13-15-16-14-12-10-8-6-4-2/h3,5,7,9,13-14,16H,4,6,8,10-12,15H2,1-2H3. The van der Waals surface area contributed by atoms with Crippen LogP contribution in [0.5, 0.6) is 0 Å². The quantitative estimate of drug-likeness (QED) is 0.254. The van der Waals surface area contributed by atoms with Crippen LogP contribution in [0.3, 0.4) is 0 Å². The van der Waals surface area contributed by atoms with E-state index in [1.165, 1.54) is 32.1 Å². The summed E-state index contributed by atoms with van der Waals surface area (Å²) in [7, 11) is 0. The lowest BCUT2D eigenvalue weighted by molar-refractivity contribution is 0.674. The summed E-state index contributed by atoms with van der Waals surface area (Å²) in [5, 5.41) is 0. The number of hydrogen-bond acceptors (Lipinski definition) is 0. The molecule has 0 aliphatic heterocycles. The van der Waals surface area contributed by atoms with Gasteiger partial charge in [0.15, 0.2) is 0 Å². The highest BCUT2D eigenvalue weighted by Crippen LogP contribution is 2.04. The molecule has 0 fully saturated rings. The smallest absolute Gasteiger partial charge is 0.0311 e. The number of rotatable bonds is 10. The van der Waals surface area contributed by atoms with Gasteiger partial charge in [0, 0.05) is 0 Å². The molecule has 0 aromatic heterocycles. The molecular weight excluding hydrogens is 192 g/mol. The number of allylic oxidation sites excluding steroid dienone is 6. The van der Waals surface area contributed by atoms with E-state index < -0.39 is 0 Å². The van der Waals surface area contributed by atoms with Crippen molar-refractivity contribution in [2.75, 3.05) is 0 Å². The molecule has 16 heavy (non-hydrogen) atoms. The Balaban J connectivity index is 3.15. The summed E-state index contributed by atoms with van der Waals surface area (Å²) in [4.78, 5) is 0. The summed E-state index contributed by atoms with van der Waals surface area (Å²) in [6.07, 6.45) is 24.2. The van der Waals surface area contributed by atoms with Crippen LogP contribution >= 0.6 is 0 Å². The van der Waals surface area contributed by atoms with E-state index in [0.29, 0.717) is 0 Å². The van der Waals surface area contributed by atoms with Crippen LogP contribution in [0.15, 0.2) is 36.5 Å². The molecule has 0 spiro atoms. The van der Waals surface area contributed by atoms with Crippen LogP contribution in [0.4, 0.5) is 0 Å². The van der Waals surface area contributed by atoms with Crippen molar-refractivity contribution < 1.29 is 0 Å². The average molecular weight is 219 g/mol. The predicted octanol–water partition coefficient (Wildman–Crippen LogP) is 5.63. The Morgan fingerprint density at radius 3 is 2.38 bits per heavy atom. The Morgan fingerprint density at radius 1 is 0.812 bits per heavy atom. The van der Waals surface area contributed by atoms with Crippen LogP contribution in [-0.4, -0.2) is 0 Å². The highest BCUT2D eigenvalue weighted by atomic mass is 13.9. The number of hydrogen-bond donors (Lipinski definition) is 0. The Hall–Kier alpha value is -0.780. The van der Waals surface area contributed by atoms with Crippen LogP contribution in [0.1, 0.15) is 58.8 Å². The molecule has 0 aromatic carbocycles. The highest BCUT2D eigenvalue weighted by molar-refractivity contribution is 5.03. The minimum Gasteiger partial charge on any atom is -0.0885 e. The van der Waals surface area contributed by atoms with Gasteiger partial charge < -0.3 is 0 Å². The molecule has 0 N–H and O–H groups in total. The zero-order valence-electron chi connectivity index (χ0n) is 11.0. The fourth-order valence-corrected chi connectivity index (χ4v) is 1.46. The zero-order chi connectivity index (χ0) is 11.9. The van der Waals surface area contributed by atoms with E-state index in [9.17, 15) is 0 Å². The maximum Gasteiger partial charge on any atom is -0.0311 e. The molecule has 0 bridgehead atoms. The lowest BCUT2D eigenvalue weighted by Gasteiger charge is -1.94. The third-order valence-electron chi connectivity index (χ3n) is 2.44. The van der Waals surface area contributed by atoms with Crippen molar-refractivity contribution >= 4 is 0 Å². The molecular formula is C16H27. The first kappa shape index (κ1) is 15.2. The Morgan fingerprint density at radius 2 is 1.62 bits per heavy atom. The fraction of sp³-hybridized carbons (Fsp3) is 0.562. The third kappa shape index (κ3) is 13.2. The summed E-state index contributed by atoms with van der Waals surface area (Å²) in [5.41, 5.74) is 0. The van der Waals surface area contributed by atoms with Gasteiger partial charge in [-0.2, -0.15) is 0 Å². The second kappa shape index (κ2) is 14.2.